The third kappa shape index (κ3) is 6.34. The van der Waals surface area contributed by atoms with Crippen LogP contribution >= 0.6 is 12.4 Å². The van der Waals surface area contributed by atoms with Gasteiger partial charge in [-0.25, -0.2) is 4.79 Å². The molecule has 1 unspecified atom stereocenters. The Balaban J connectivity index is 0.00000312. The predicted octanol–water partition coefficient (Wildman–Crippen LogP) is 2.85. The van der Waals surface area contributed by atoms with E-state index >= 15 is 0 Å². The maximum Gasteiger partial charge on any atom is 0.345 e. The number of benzene rings is 1. The van der Waals surface area contributed by atoms with E-state index in [4.69, 9.17) is 4.74 Å². The Morgan fingerprint density at radius 1 is 1.32 bits per heavy atom. The van der Waals surface area contributed by atoms with E-state index in [9.17, 15) is 15.0 Å². The van der Waals surface area contributed by atoms with Crippen LogP contribution in [0.4, 0.5) is 0 Å². The number of β-amino-alcohol motifs (C(OH)–C–C–N with tert-alkyl or cyclic N) is 1. The van der Waals surface area contributed by atoms with Gasteiger partial charge in [-0.3, -0.25) is 4.98 Å². The van der Waals surface area contributed by atoms with Gasteiger partial charge in [0.25, 0.3) is 0 Å². The summed E-state index contributed by atoms with van der Waals surface area (Å²) >= 11 is 0. The summed E-state index contributed by atoms with van der Waals surface area (Å²) in [6.45, 7) is 6.34. The first kappa shape index (κ1) is 20.9. The number of hydrogen-bond acceptors (Lipinski definition) is 6. The van der Waals surface area contributed by atoms with Crippen LogP contribution in [0.15, 0.2) is 42.7 Å². The van der Waals surface area contributed by atoms with E-state index in [-0.39, 0.29) is 35.0 Å². The number of pyridine rings is 1. The molecular formula is C18H23ClN2O4. The molecule has 1 atom stereocenters. The summed E-state index contributed by atoms with van der Waals surface area (Å²) < 4.78 is 5.15. The van der Waals surface area contributed by atoms with Crippen molar-refractivity contribution < 1.29 is 19.7 Å². The van der Waals surface area contributed by atoms with Crippen LogP contribution in [-0.2, 0) is 0 Å². The molecular weight excluding hydrogens is 344 g/mol. The Kier molecular flexibility index (Phi) is 7.36. The zero-order chi connectivity index (χ0) is 17.7. The average Bonchev–Trinajstić information content (AvgIpc) is 2.54. The number of ether oxygens (including phenoxy) is 1. The lowest BCUT2D eigenvalue weighted by atomic mass is 10.1. The van der Waals surface area contributed by atoms with E-state index in [1.54, 1.807) is 24.4 Å². The number of phenols is 1. The van der Waals surface area contributed by atoms with Gasteiger partial charge in [0, 0.05) is 24.5 Å². The van der Waals surface area contributed by atoms with Gasteiger partial charge in [0.15, 0.2) is 11.5 Å². The first-order chi connectivity index (χ1) is 11.3. The van der Waals surface area contributed by atoms with Crippen LogP contribution in [0.3, 0.4) is 0 Å². The number of carbonyl (C=O) groups is 1. The van der Waals surface area contributed by atoms with Gasteiger partial charge in [-0.2, -0.15) is 0 Å². The summed E-state index contributed by atoms with van der Waals surface area (Å²) in [5, 5.41) is 23.4. The molecule has 136 valence electrons. The Hall–Kier alpha value is -2.15. The number of aliphatic hydroxyl groups is 1. The van der Waals surface area contributed by atoms with Crippen molar-refractivity contribution in [2.45, 2.75) is 32.4 Å². The molecule has 2 rings (SSSR count). The van der Waals surface area contributed by atoms with Crippen molar-refractivity contribution in [3.63, 3.8) is 0 Å². The molecule has 1 heterocycles. The van der Waals surface area contributed by atoms with Crippen LogP contribution in [-0.4, -0.2) is 33.3 Å². The second-order valence-corrected chi connectivity index (χ2v) is 6.51. The fraction of sp³-hybridized carbons (Fsp3) is 0.333. The fourth-order valence-corrected chi connectivity index (χ4v) is 1.99. The number of carbonyl (C=O) groups excluding carboxylic acids is 1. The van der Waals surface area contributed by atoms with Crippen LogP contribution in [0, 0.1) is 0 Å². The lowest BCUT2D eigenvalue weighted by Gasteiger charge is -2.23. The number of rotatable bonds is 5. The first-order valence-corrected chi connectivity index (χ1v) is 7.64. The molecule has 0 fully saturated rings. The number of aromatic nitrogens is 1. The van der Waals surface area contributed by atoms with Crippen LogP contribution in [0.5, 0.6) is 11.5 Å². The van der Waals surface area contributed by atoms with Gasteiger partial charge in [0.05, 0.1) is 11.7 Å². The van der Waals surface area contributed by atoms with Crippen molar-refractivity contribution in [2.75, 3.05) is 6.54 Å². The minimum Gasteiger partial charge on any atom is -0.504 e. The van der Waals surface area contributed by atoms with Crippen molar-refractivity contribution >= 4 is 18.4 Å². The molecule has 0 bridgehead atoms. The van der Waals surface area contributed by atoms with E-state index in [1.165, 1.54) is 18.3 Å². The number of hydrogen-bond donors (Lipinski definition) is 3. The highest BCUT2D eigenvalue weighted by Crippen LogP contribution is 2.30. The third-order valence-corrected chi connectivity index (χ3v) is 3.29. The quantitative estimate of drug-likeness (QED) is 0.556. The summed E-state index contributed by atoms with van der Waals surface area (Å²) in [4.78, 5) is 15.8. The molecule has 0 saturated heterocycles. The number of nitrogens with one attached hydrogen (secondary N) is 1. The minimum atomic E-state index is -0.779. The van der Waals surface area contributed by atoms with Gasteiger partial charge in [0.1, 0.15) is 0 Å². The van der Waals surface area contributed by atoms with Gasteiger partial charge >= 0.3 is 5.97 Å². The summed E-state index contributed by atoms with van der Waals surface area (Å²) in [5.74, 6) is -0.788. The zero-order valence-corrected chi connectivity index (χ0v) is 15.2. The highest BCUT2D eigenvalue weighted by Gasteiger charge is 2.16. The van der Waals surface area contributed by atoms with Gasteiger partial charge < -0.3 is 20.3 Å². The zero-order valence-electron chi connectivity index (χ0n) is 14.4. The molecule has 2 aromatic rings. The molecule has 0 aliphatic carbocycles. The Labute approximate surface area is 153 Å². The highest BCUT2D eigenvalue weighted by atomic mass is 35.5. The van der Waals surface area contributed by atoms with E-state index in [2.05, 4.69) is 10.3 Å². The Morgan fingerprint density at radius 3 is 2.60 bits per heavy atom. The first-order valence-electron chi connectivity index (χ1n) is 7.64. The molecule has 7 heteroatoms. The molecule has 1 aromatic carbocycles. The number of nitrogens with zero attached hydrogens (tertiary/aromatic N) is 1. The van der Waals surface area contributed by atoms with Crippen molar-refractivity contribution in [3.05, 3.63) is 53.9 Å². The highest BCUT2D eigenvalue weighted by molar-refractivity contribution is 5.90. The normalized spacial score (nSPS) is 12.2. The molecule has 0 radical (unpaired) electrons. The molecule has 25 heavy (non-hydrogen) atoms. The molecule has 0 amide bonds. The van der Waals surface area contributed by atoms with Crippen molar-refractivity contribution in [1.82, 2.24) is 10.3 Å². The van der Waals surface area contributed by atoms with E-state index in [1.807, 2.05) is 20.8 Å². The standard InChI is InChI=1S/C18H22N2O4.ClH/c1-18(2,3)20-11-15(22)12-6-7-16(14(21)9-12)24-17(23)13-5-4-8-19-10-13;/h4-10,15,20-22H,11H2,1-3H3;1H. The second kappa shape index (κ2) is 8.80. The molecule has 6 nitrogen and oxygen atoms in total. The fourth-order valence-electron chi connectivity index (χ4n) is 1.99. The third-order valence-electron chi connectivity index (χ3n) is 3.29. The average molecular weight is 367 g/mol. The summed E-state index contributed by atoms with van der Waals surface area (Å²) in [6.07, 6.45) is 2.16. The van der Waals surface area contributed by atoms with Gasteiger partial charge in [-0.05, 0) is 50.6 Å². The number of phenolic OH excluding ortho intramolecular Hbond substituents is 1. The largest absolute Gasteiger partial charge is 0.504 e. The molecule has 3 N–H and O–H groups in total. The summed E-state index contributed by atoms with van der Waals surface area (Å²) in [7, 11) is 0. The molecule has 0 saturated carbocycles. The number of halogens is 1. The predicted molar refractivity (Wildman–Crippen MR) is 97.3 cm³/mol. The van der Waals surface area contributed by atoms with Crippen LogP contribution in [0.2, 0.25) is 0 Å². The number of aromatic hydroxyl groups is 1. The van der Waals surface area contributed by atoms with Crippen LogP contribution in [0.25, 0.3) is 0 Å². The van der Waals surface area contributed by atoms with Crippen molar-refractivity contribution in [2.24, 2.45) is 0 Å². The maximum absolute atomic E-state index is 12.0. The SMILES string of the molecule is CC(C)(C)NCC(O)c1ccc(OC(=O)c2cccnc2)c(O)c1.Cl. The van der Waals surface area contributed by atoms with E-state index in [0.29, 0.717) is 12.1 Å². The smallest absolute Gasteiger partial charge is 0.345 e. The molecule has 0 aliphatic heterocycles. The number of esters is 1. The van der Waals surface area contributed by atoms with E-state index in [0.717, 1.165) is 0 Å². The Morgan fingerprint density at radius 2 is 2.04 bits per heavy atom. The van der Waals surface area contributed by atoms with Gasteiger partial charge in [-0.15, -0.1) is 12.4 Å². The van der Waals surface area contributed by atoms with Gasteiger partial charge in [-0.1, -0.05) is 6.07 Å². The van der Waals surface area contributed by atoms with Gasteiger partial charge in [0.2, 0.25) is 0 Å². The lowest BCUT2D eigenvalue weighted by Crippen LogP contribution is -2.38. The Bertz CT molecular complexity index is 702. The molecule has 1 aromatic heterocycles. The summed E-state index contributed by atoms with van der Waals surface area (Å²) in [6, 6.07) is 7.65. The maximum atomic E-state index is 12.0. The summed E-state index contributed by atoms with van der Waals surface area (Å²) in [5.41, 5.74) is 0.697. The lowest BCUT2D eigenvalue weighted by molar-refractivity contribution is 0.0729. The topological polar surface area (TPSA) is 91.7 Å². The minimum absolute atomic E-state index is 0. The van der Waals surface area contributed by atoms with Crippen molar-refractivity contribution in [1.29, 1.82) is 0 Å². The number of aliphatic hydroxyl groups excluding tert-OH is 1. The molecule has 0 spiro atoms. The monoisotopic (exact) mass is 366 g/mol. The van der Waals surface area contributed by atoms with Crippen molar-refractivity contribution in [3.8, 4) is 11.5 Å². The second-order valence-electron chi connectivity index (χ2n) is 6.51. The van der Waals surface area contributed by atoms with Crippen LogP contribution < -0.4 is 10.1 Å². The van der Waals surface area contributed by atoms with E-state index < -0.39 is 12.1 Å². The van der Waals surface area contributed by atoms with Crippen LogP contribution in [0.1, 0.15) is 42.8 Å². The molecule has 0 aliphatic rings.